The molecule has 0 saturated carbocycles. The second-order valence-corrected chi connectivity index (χ2v) is 8.19. The fraction of sp³-hybridized carbons (Fsp3) is 0.583. The van der Waals surface area contributed by atoms with Gasteiger partial charge < -0.3 is 19.2 Å². The van der Waals surface area contributed by atoms with Gasteiger partial charge in [0.1, 0.15) is 11.3 Å². The molecule has 2 heterocycles. The van der Waals surface area contributed by atoms with Gasteiger partial charge in [-0.1, -0.05) is 13.3 Å². The number of hydrogen-bond donors (Lipinski definition) is 1. The van der Waals surface area contributed by atoms with Crippen LogP contribution in [-0.4, -0.2) is 56.3 Å². The second-order valence-electron chi connectivity index (χ2n) is 8.19. The first-order valence-electron chi connectivity index (χ1n) is 11.3. The Bertz CT molecular complexity index is 933. The molecule has 1 saturated heterocycles. The molecule has 1 amide bonds. The maximum atomic E-state index is 12.6. The van der Waals surface area contributed by atoms with Crippen LogP contribution in [0.2, 0.25) is 0 Å². The summed E-state index contributed by atoms with van der Waals surface area (Å²) in [6.07, 6.45) is 2.98. The van der Waals surface area contributed by atoms with Crippen molar-refractivity contribution in [1.29, 1.82) is 0 Å². The first-order valence-corrected chi connectivity index (χ1v) is 11.3. The summed E-state index contributed by atoms with van der Waals surface area (Å²) in [5, 5.41) is 3.75. The fourth-order valence-electron chi connectivity index (χ4n) is 3.85. The Balaban J connectivity index is 1.65. The number of ether oxygens (including phenoxy) is 2. The molecule has 31 heavy (non-hydrogen) atoms. The Morgan fingerprint density at radius 3 is 2.74 bits per heavy atom. The Morgan fingerprint density at radius 1 is 1.23 bits per heavy atom. The van der Waals surface area contributed by atoms with E-state index in [2.05, 4.69) is 17.1 Å². The van der Waals surface area contributed by atoms with Crippen molar-refractivity contribution < 1.29 is 18.7 Å². The Morgan fingerprint density at radius 2 is 2.00 bits per heavy atom. The first-order chi connectivity index (χ1) is 15.0. The van der Waals surface area contributed by atoms with E-state index in [0.717, 1.165) is 75.0 Å². The molecular formula is C24H34N2O5. The van der Waals surface area contributed by atoms with E-state index in [9.17, 15) is 9.59 Å². The fourth-order valence-corrected chi connectivity index (χ4v) is 3.85. The van der Waals surface area contributed by atoms with Crippen LogP contribution in [0.4, 0.5) is 0 Å². The zero-order valence-corrected chi connectivity index (χ0v) is 18.9. The molecule has 3 rings (SSSR count). The molecule has 7 heteroatoms. The molecule has 1 fully saturated rings. The Hall–Kier alpha value is -2.38. The summed E-state index contributed by atoms with van der Waals surface area (Å²) in [6, 6.07) is 5.28. The monoisotopic (exact) mass is 430 g/mol. The third kappa shape index (κ3) is 6.55. The molecule has 0 radical (unpaired) electrons. The van der Waals surface area contributed by atoms with E-state index in [0.29, 0.717) is 17.9 Å². The maximum Gasteiger partial charge on any atom is 0.336 e. The number of nitrogens with zero attached hydrogens (tertiary/aromatic N) is 1. The molecule has 0 bridgehead atoms. The Labute approximate surface area is 183 Å². The van der Waals surface area contributed by atoms with Crippen molar-refractivity contribution >= 4 is 16.9 Å². The molecule has 170 valence electrons. The first kappa shape index (κ1) is 23.3. The van der Waals surface area contributed by atoms with Crippen molar-refractivity contribution in [2.45, 2.75) is 52.6 Å². The zero-order valence-electron chi connectivity index (χ0n) is 18.9. The average Bonchev–Trinajstić information content (AvgIpc) is 2.74. The van der Waals surface area contributed by atoms with Crippen molar-refractivity contribution in [2.75, 3.05) is 39.4 Å². The smallest absolute Gasteiger partial charge is 0.336 e. The van der Waals surface area contributed by atoms with Gasteiger partial charge in [0.25, 0.3) is 5.91 Å². The lowest BCUT2D eigenvalue weighted by Crippen LogP contribution is -2.40. The SMILES string of the molecule is CCCCc1cc(=O)oc2cc(C)cc(O[C@@H](C)C(=O)NCCCN3CCOCC3)c12. The molecule has 7 nitrogen and oxygen atoms in total. The second kappa shape index (κ2) is 11.3. The number of amides is 1. The zero-order chi connectivity index (χ0) is 22.2. The number of morpholine rings is 1. The largest absolute Gasteiger partial charge is 0.480 e. The van der Waals surface area contributed by atoms with Gasteiger partial charge in [-0.25, -0.2) is 4.79 Å². The normalized spacial score (nSPS) is 15.7. The highest BCUT2D eigenvalue weighted by molar-refractivity contribution is 5.88. The summed E-state index contributed by atoms with van der Waals surface area (Å²) >= 11 is 0. The van der Waals surface area contributed by atoms with Crippen molar-refractivity contribution in [3.63, 3.8) is 0 Å². The van der Waals surface area contributed by atoms with E-state index < -0.39 is 6.10 Å². The van der Waals surface area contributed by atoms with Crippen LogP contribution in [0.25, 0.3) is 11.0 Å². The van der Waals surface area contributed by atoms with E-state index in [1.165, 1.54) is 6.07 Å². The number of carbonyl (C=O) groups is 1. The Kier molecular flexibility index (Phi) is 8.49. The number of nitrogens with one attached hydrogen (secondary N) is 1. The van der Waals surface area contributed by atoms with E-state index in [4.69, 9.17) is 13.9 Å². The van der Waals surface area contributed by atoms with Crippen LogP contribution >= 0.6 is 0 Å². The highest BCUT2D eigenvalue weighted by Gasteiger charge is 2.19. The van der Waals surface area contributed by atoms with Gasteiger partial charge in [-0.05, 0) is 62.9 Å². The molecule has 1 atom stereocenters. The topological polar surface area (TPSA) is 81.0 Å². The number of carbonyl (C=O) groups excluding carboxylic acids is 1. The quantitative estimate of drug-likeness (QED) is 0.461. The highest BCUT2D eigenvalue weighted by atomic mass is 16.5. The molecular weight excluding hydrogens is 396 g/mol. The summed E-state index contributed by atoms with van der Waals surface area (Å²) in [4.78, 5) is 26.9. The van der Waals surface area contributed by atoms with Crippen LogP contribution in [0, 0.1) is 6.92 Å². The van der Waals surface area contributed by atoms with E-state index in [-0.39, 0.29) is 11.5 Å². The minimum absolute atomic E-state index is 0.149. The summed E-state index contributed by atoms with van der Waals surface area (Å²) in [6.45, 7) is 10.8. The number of rotatable bonds is 10. The number of benzene rings is 1. The van der Waals surface area contributed by atoms with Gasteiger partial charge in [0.15, 0.2) is 6.10 Å². The van der Waals surface area contributed by atoms with Crippen LogP contribution < -0.4 is 15.7 Å². The van der Waals surface area contributed by atoms with Crippen molar-refractivity contribution in [2.24, 2.45) is 0 Å². The number of hydrogen-bond acceptors (Lipinski definition) is 6. The lowest BCUT2D eigenvalue weighted by Gasteiger charge is -2.26. The predicted octanol–water partition coefficient (Wildman–Crippen LogP) is 3.05. The van der Waals surface area contributed by atoms with Gasteiger partial charge in [-0.15, -0.1) is 0 Å². The molecule has 0 spiro atoms. The molecule has 2 aromatic rings. The molecule has 1 aliphatic rings. The third-order valence-electron chi connectivity index (χ3n) is 5.56. The number of unbranched alkanes of at least 4 members (excludes halogenated alkanes) is 1. The minimum Gasteiger partial charge on any atom is -0.480 e. The standard InChI is InChI=1S/C24H34N2O5/c1-4-5-7-19-16-22(27)31-21-15-17(2)14-20(23(19)21)30-18(3)24(28)25-8-6-9-26-10-12-29-13-11-26/h14-16,18H,4-13H2,1-3H3,(H,25,28)/t18-/m0/s1. The van der Waals surface area contributed by atoms with Crippen LogP contribution in [0.3, 0.4) is 0 Å². The van der Waals surface area contributed by atoms with Gasteiger partial charge in [-0.3, -0.25) is 9.69 Å². The van der Waals surface area contributed by atoms with Crippen LogP contribution in [0.1, 0.15) is 44.2 Å². The van der Waals surface area contributed by atoms with E-state index in [1.54, 1.807) is 6.92 Å². The molecule has 1 aromatic carbocycles. The molecule has 1 aliphatic heterocycles. The van der Waals surface area contributed by atoms with Gasteiger partial charge in [0, 0.05) is 25.7 Å². The van der Waals surface area contributed by atoms with Crippen molar-refractivity contribution in [3.8, 4) is 5.75 Å². The average molecular weight is 431 g/mol. The lowest BCUT2D eigenvalue weighted by molar-refractivity contribution is -0.127. The lowest BCUT2D eigenvalue weighted by atomic mass is 10.0. The maximum absolute atomic E-state index is 12.6. The molecule has 0 unspecified atom stereocenters. The predicted molar refractivity (Wildman–Crippen MR) is 121 cm³/mol. The summed E-state index contributed by atoms with van der Waals surface area (Å²) < 4.78 is 16.9. The summed E-state index contributed by atoms with van der Waals surface area (Å²) in [5.41, 5.74) is 1.96. The van der Waals surface area contributed by atoms with Gasteiger partial charge >= 0.3 is 5.63 Å². The van der Waals surface area contributed by atoms with Gasteiger partial charge in [0.05, 0.1) is 18.6 Å². The van der Waals surface area contributed by atoms with Gasteiger partial charge in [0.2, 0.25) is 0 Å². The molecule has 1 aromatic heterocycles. The molecule has 0 aliphatic carbocycles. The van der Waals surface area contributed by atoms with Gasteiger partial charge in [-0.2, -0.15) is 0 Å². The van der Waals surface area contributed by atoms with E-state index in [1.807, 2.05) is 19.1 Å². The third-order valence-corrected chi connectivity index (χ3v) is 5.56. The summed E-state index contributed by atoms with van der Waals surface area (Å²) in [5.74, 6) is 0.435. The number of fused-ring (bicyclic) bond motifs is 1. The summed E-state index contributed by atoms with van der Waals surface area (Å²) in [7, 11) is 0. The van der Waals surface area contributed by atoms with Crippen LogP contribution in [0.5, 0.6) is 5.75 Å². The molecule has 1 N–H and O–H groups in total. The minimum atomic E-state index is -0.653. The van der Waals surface area contributed by atoms with Crippen LogP contribution in [0.15, 0.2) is 27.4 Å². The van der Waals surface area contributed by atoms with E-state index >= 15 is 0 Å². The van der Waals surface area contributed by atoms with Crippen LogP contribution in [-0.2, 0) is 16.0 Å². The number of aryl methyl sites for hydroxylation is 2. The highest BCUT2D eigenvalue weighted by Crippen LogP contribution is 2.31. The van der Waals surface area contributed by atoms with Crippen molar-refractivity contribution in [3.05, 3.63) is 39.7 Å². The van der Waals surface area contributed by atoms with Crippen molar-refractivity contribution in [1.82, 2.24) is 10.2 Å².